The molecule has 0 saturated heterocycles. The van der Waals surface area contributed by atoms with Crippen molar-refractivity contribution in [3.8, 4) is 0 Å². The third-order valence-corrected chi connectivity index (χ3v) is 6.88. The van der Waals surface area contributed by atoms with Crippen LogP contribution in [-0.2, 0) is 61.6 Å². The van der Waals surface area contributed by atoms with Crippen LogP contribution in [0.5, 0.6) is 0 Å². The molecule has 0 fully saturated rings. The van der Waals surface area contributed by atoms with Crippen molar-refractivity contribution >= 4 is 17.6 Å². The molecule has 0 aliphatic carbocycles. The molecule has 0 rings (SSSR count). The van der Waals surface area contributed by atoms with Crippen molar-refractivity contribution in [1.29, 1.82) is 0 Å². The van der Waals surface area contributed by atoms with Gasteiger partial charge in [-0.25, -0.2) is 0 Å². The minimum absolute atomic E-state index is 0.152. The molecule has 0 aromatic heterocycles. The van der Waals surface area contributed by atoms with E-state index in [2.05, 4.69) is 6.92 Å². The maximum atomic E-state index is 11.5. The normalized spacial score (nSPS) is 11.5. The van der Waals surface area contributed by atoms with Crippen LogP contribution in [0.15, 0.2) is 0 Å². The molecule has 0 aromatic rings. The number of esters is 1. The Balaban J connectivity index is 3.08. The first-order valence-corrected chi connectivity index (χ1v) is 18.9. The van der Waals surface area contributed by atoms with Gasteiger partial charge in [-0.3, -0.25) is 4.79 Å². The summed E-state index contributed by atoms with van der Waals surface area (Å²) in [6.45, 7) is 13.9. The molecule has 0 heterocycles. The van der Waals surface area contributed by atoms with E-state index in [4.69, 9.17) is 68.4 Å². The molecule has 0 bridgehead atoms. The lowest BCUT2D eigenvalue weighted by atomic mass is 10.2. The summed E-state index contributed by atoms with van der Waals surface area (Å²) in [5, 5.41) is 0. The minimum Gasteiger partial charge on any atom is -0.463 e. The lowest BCUT2D eigenvalue weighted by Gasteiger charge is -2.09. The molecule has 13 nitrogen and oxygen atoms in total. The van der Waals surface area contributed by atoms with Gasteiger partial charge in [0.15, 0.2) is 0 Å². The van der Waals surface area contributed by atoms with Crippen LogP contribution in [0.1, 0.15) is 64.7 Å². The van der Waals surface area contributed by atoms with Crippen molar-refractivity contribution in [2.45, 2.75) is 64.7 Å². The third-order valence-electron chi connectivity index (χ3n) is 6.62. The summed E-state index contributed by atoms with van der Waals surface area (Å²) >= 11 is 5.65. The number of ether oxygens (including phenoxy) is 12. The van der Waals surface area contributed by atoms with Gasteiger partial charge in [0.1, 0.15) is 6.61 Å². The fourth-order valence-corrected chi connectivity index (χ4v) is 4.13. The largest absolute Gasteiger partial charge is 0.463 e. The second-order valence-electron chi connectivity index (χ2n) is 10.9. The van der Waals surface area contributed by atoms with E-state index in [0.29, 0.717) is 145 Å². The number of carbonyl (C=O) groups is 1. The summed E-state index contributed by atoms with van der Waals surface area (Å²) in [5.74, 6) is 0.589. The van der Waals surface area contributed by atoms with Crippen LogP contribution in [0.2, 0.25) is 0 Å². The number of hydrogen-bond donors (Lipinski definition) is 0. The SMILES string of the molecule is CCCCCCC(=O)OCCOCCOCCOCCOCCOCCOCCOCCOCCOCCOCCOCCCCCCCl. The van der Waals surface area contributed by atoms with E-state index in [9.17, 15) is 4.79 Å². The van der Waals surface area contributed by atoms with Gasteiger partial charge in [0.25, 0.3) is 0 Å². The monoisotopic (exact) mass is 732 g/mol. The topological polar surface area (TPSA) is 128 Å². The molecule has 0 saturated carbocycles. The molecule has 0 amide bonds. The second-order valence-corrected chi connectivity index (χ2v) is 11.2. The van der Waals surface area contributed by atoms with Gasteiger partial charge < -0.3 is 56.8 Å². The average molecular weight is 733 g/mol. The first-order valence-electron chi connectivity index (χ1n) is 18.4. The van der Waals surface area contributed by atoms with E-state index in [-0.39, 0.29) is 12.6 Å². The molecule has 14 heteroatoms. The highest BCUT2D eigenvalue weighted by Gasteiger charge is 2.02. The Morgan fingerprint density at radius 2 is 0.633 bits per heavy atom. The summed E-state index contributed by atoms with van der Waals surface area (Å²) in [4.78, 5) is 11.5. The summed E-state index contributed by atoms with van der Waals surface area (Å²) in [7, 11) is 0. The van der Waals surface area contributed by atoms with Crippen molar-refractivity contribution < 1.29 is 61.6 Å². The molecule has 0 radical (unpaired) electrons. The number of rotatable bonds is 44. The molecular formula is C35H69ClO13. The van der Waals surface area contributed by atoms with Gasteiger partial charge in [-0.2, -0.15) is 0 Å². The van der Waals surface area contributed by atoms with Gasteiger partial charge in [0.05, 0.1) is 139 Å². The van der Waals surface area contributed by atoms with Crippen LogP contribution < -0.4 is 0 Å². The first-order chi connectivity index (χ1) is 24.3. The maximum Gasteiger partial charge on any atom is 0.305 e. The van der Waals surface area contributed by atoms with Crippen molar-refractivity contribution in [3.05, 3.63) is 0 Å². The molecule has 294 valence electrons. The van der Waals surface area contributed by atoms with Crippen molar-refractivity contribution in [2.24, 2.45) is 0 Å². The van der Waals surface area contributed by atoms with Crippen LogP contribution in [0, 0.1) is 0 Å². The first kappa shape index (κ1) is 48.3. The fraction of sp³-hybridized carbons (Fsp3) is 0.971. The van der Waals surface area contributed by atoms with Crippen LogP contribution >= 0.6 is 11.6 Å². The average Bonchev–Trinajstić information content (AvgIpc) is 3.11. The number of alkyl halides is 1. The molecule has 0 spiro atoms. The second kappa shape index (κ2) is 45.3. The Labute approximate surface area is 301 Å². The van der Waals surface area contributed by atoms with Crippen LogP contribution in [0.3, 0.4) is 0 Å². The molecule has 0 aliphatic rings. The number of hydrogen-bond acceptors (Lipinski definition) is 13. The summed E-state index contributed by atoms with van der Waals surface area (Å²) in [5.41, 5.74) is 0. The van der Waals surface area contributed by atoms with E-state index in [1.807, 2.05) is 0 Å². The van der Waals surface area contributed by atoms with Gasteiger partial charge in [-0.05, 0) is 19.3 Å². The zero-order valence-electron chi connectivity index (χ0n) is 30.5. The quantitative estimate of drug-likeness (QED) is 0.0497. The van der Waals surface area contributed by atoms with Crippen LogP contribution in [-0.4, -0.2) is 164 Å². The van der Waals surface area contributed by atoms with Gasteiger partial charge in [0.2, 0.25) is 0 Å². The number of halogens is 1. The van der Waals surface area contributed by atoms with Gasteiger partial charge in [-0.1, -0.05) is 39.0 Å². The Hall–Kier alpha value is -0.680. The Bertz CT molecular complexity index is 622. The molecule has 0 unspecified atom stereocenters. The number of unbranched alkanes of at least 4 members (excludes halogenated alkanes) is 6. The predicted octanol–water partition coefficient (Wildman–Crippen LogP) is 4.48. The van der Waals surface area contributed by atoms with E-state index in [1.165, 1.54) is 12.8 Å². The highest BCUT2D eigenvalue weighted by atomic mass is 35.5. The molecule has 0 aromatic carbocycles. The highest BCUT2D eigenvalue weighted by Crippen LogP contribution is 2.03. The Kier molecular flexibility index (Phi) is 44.7. The minimum atomic E-state index is -0.152. The smallest absolute Gasteiger partial charge is 0.305 e. The molecular weight excluding hydrogens is 664 g/mol. The van der Waals surface area contributed by atoms with E-state index in [0.717, 1.165) is 51.0 Å². The fourth-order valence-electron chi connectivity index (χ4n) is 3.94. The van der Waals surface area contributed by atoms with E-state index >= 15 is 0 Å². The predicted molar refractivity (Wildman–Crippen MR) is 188 cm³/mol. The Morgan fingerprint density at radius 3 is 0.959 bits per heavy atom. The van der Waals surface area contributed by atoms with E-state index in [1.54, 1.807) is 0 Å². The van der Waals surface area contributed by atoms with E-state index < -0.39 is 0 Å². The standard InChI is InChI=1S/C35H69ClO13/c1-2-3-4-7-10-35(37)49-34-33-48-32-31-47-30-29-46-28-27-45-26-25-44-24-23-43-22-21-42-20-19-41-18-17-40-16-15-39-14-13-38-12-9-6-5-8-11-36/h2-34H2,1H3. The number of carbonyl (C=O) groups excluding carboxylic acids is 1. The van der Waals surface area contributed by atoms with Crippen molar-refractivity contribution in [1.82, 2.24) is 0 Å². The van der Waals surface area contributed by atoms with Gasteiger partial charge in [-0.15, -0.1) is 11.6 Å². The zero-order valence-corrected chi connectivity index (χ0v) is 31.3. The summed E-state index contributed by atoms with van der Waals surface area (Å²) in [6, 6.07) is 0. The van der Waals surface area contributed by atoms with Crippen LogP contribution in [0.25, 0.3) is 0 Å². The molecule has 0 atom stereocenters. The molecule has 49 heavy (non-hydrogen) atoms. The lowest BCUT2D eigenvalue weighted by molar-refractivity contribution is -0.145. The van der Waals surface area contributed by atoms with Gasteiger partial charge in [0, 0.05) is 18.9 Å². The molecule has 0 aliphatic heterocycles. The van der Waals surface area contributed by atoms with Crippen molar-refractivity contribution in [2.75, 3.05) is 158 Å². The Morgan fingerprint density at radius 1 is 0.347 bits per heavy atom. The summed E-state index contributed by atoms with van der Waals surface area (Å²) < 4.78 is 65.4. The van der Waals surface area contributed by atoms with Gasteiger partial charge >= 0.3 is 5.97 Å². The highest BCUT2D eigenvalue weighted by molar-refractivity contribution is 6.17. The lowest BCUT2D eigenvalue weighted by Crippen LogP contribution is -2.15. The third kappa shape index (κ3) is 45.3. The molecule has 0 N–H and O–H groups in total. The summed E-state index contributed by atoms with van der Waals surface area (Å²) in [6.07, 6.45) is 9.25. The zero-order chi connectivity index (χ0) is 35.4. The maximum absolute atomic E-state index is 11.5. The van der Waals surface area contributed by atoms with Crippen LogP contribution in [0.4, 0.5) is 0 Å². The van der Waals surface area contributed by atoms with Crippen molar-refractivity contribution in [3.63, 3.8) is 0 Å².